The van der Waals surface area contributed by atoms with Gasteiger partial charge < -0.3 is 15.3 Å². The van der Waals surface area contributed by atoms with Crippen molar-refractivity contribution in [2.24, 2.45) is 0 Å². The summed E-state index contributed by atoms with van der Waals surface area (Å²) in [7, 11) is 0. The number of fused-ring (bicyclic) bond motifs is 1. The van der Waals surface area contributed by atoms with Gasteiger partial charge in [0.15, 0.2) is 0 Å². The van der Waals surface area contributed by atoms with Crippen LogP contribution < -0.4 is 5.32 Å². The molecule has 108 valence electrons. The molecule has 0 radical (unpaired) electrons. The van der Waals surface area contributed by atoms with Gasteiger partial charge in [-0.1, -0.05) is 0 Å². The van der Waals surface area contributed by atoms with Crippen LogP contribution >= 0.6 is 15.9 Å². The number of halogens is 3. The smallest absolute Gasteiger partial charge is 0.143 e. The van der Waals surface area contributed by atoms with Gasteiger partial charge in [0.25, 0.3) is 0 Å². The summed E-state index contributed by atoms with van der Waals surface area (Å²) in [5.74, 6) is -1.18. The van der Waals surface area contributed by atoms with Gasteiger partial charge in [-0.05, 0) is 34.5 Å². The lowest BCUT2D eigenvalue weighted by Gasteiger charge is -2.15. The number of aliphatic hydroxyl groups is 1. The molecule has 0 aliphatic carbocycles. The van der Waals surface area contributed by atoms with E-state index >= 15 is 0 Å². The van der Waals surface area contributed by atoms with E-state index in [0.717, 1.165) is 11.4 Å². The minimum Gasteiger partial charge on any atom is -0.396 e. The fourth-order valence-corrected chi connectivity index (χ4v) is 3.37. The van der Waals surface area contributed by atoms with Gasteiger partial charge in [0.05, 0.1) is 11.1 Å². The molecule has 1 fully saturated rings. The molecule has 0 amide bonds. The highest BCUT2D eigenvalue weighted by Crippen LogP contribution is 2.40. The van der Waals surface area contributed by atoms with Crippen molar-refractivity contribution in [3.05, 3.63) is 45.2 Å². The van der Waals surface area contributed by atoms with Crippen LogP contribution in [0, 0.1) is 11.6 Å². The largest absolute Gasteiger partial charge is 0.396 e. The molecule has 3 nitrogen and oxygen atoms in total. The van der Waals surface area contributed by atoms with Crippen LogP contribution in [-0.4, -0.2) is 29.8 Å². The Kier molecular flexibility index (Phi) is 3.69. The summed E-state index contributed by atoms with van der Waals surface area (Å²) >= 11 is 3.11. The Morgan fingerprint density at radius 2 is 2.20 bits per heavy atom. The van der Waals surface area contributed by atoms with Crippen molar-refractivity contribution in [1.29, 1.82) is 0 Å². The number of benzene rings is 1. The topological polar surface area (TPSA) is 35.5 Å². The van der Waals surface area contributed by atoms with Crippen molar-refractivity contribution in [3.8, 4) is 0 Å². The normalized spacial score (nSPS) is 21.4. The first-order valence-electron chi connectivity index (χ1n) is 6.57. The Balaban J connectivity index is 1.92. The molecule has 6 heteroatoms. The van der Waals surface area contributed by atoms with Crippen LogP contribution in [0.15, 0.2) is 28.0 Å². The molecule has 20 heavy (non-hydrogen) atoms. The Morgan fingerprint density at radius 1 is 1.40 bits per heavy atom. The number of nitrogens with zero attached hydrogens (tertiary/aromatic N) is 1. The Labute approximate surface area is 124 Å². The van der Waals surface area contributed by atoms with Gasteiger partial charge >= 0.3 is 0 Å². The molecule has 2 N–H and O–H groups in total. The van der Waals surface area contributed by atoms with E-state index in [2.05, 4.69) is 26.1 Å². The van der Waals surface area contributed by atoms with Crippen LogP contribution in [0.3, 0.4) is 0 Å². The lowest BCUT2D eigenvalue weighted by molar-refractivity contribution is 0.296. The summed E-state index contributed by atoms with van der Waals surface area (Å²) in [4.78, 5) is 2.09. The molecular formula is C14H15BrF2N2O. The summed E-state index contributed by atoms with van der Waals surface area (Å²) in [6, 6.07) is 2.69. The fourth-order valence-electron chi connectivity index (χ4n) is 3.03. The third-order valence-electron chi connectivity index (χ3n) is 3.94. The standard InChI is InChI=1S/C14H15BrF2N2O/c15-9-1-2-10(16)13(14(9)17)8-5-12-11(3-4-20)18-7-19(12)6-8/h1-2,8,18,20H,3-7H2/t8-/m0/s1. The highest BCUT2D eigenvalue weighted by atomic mass is 79.9. The van der Waals surface area contributed by atoms with E-state index in [1.165, 1.54) is 12.1 Å². The van der Waals surface area contributed by atoms with E-state index < -0.39 is 11.6 Å². The lowest BCUT2D eigenvalue weighted by Crippen LogP contribution is -2.23. The second kappa shape index (κ2) is 5.33. The highest BCUT2D eigenvalue weighted by Gasteiger charge is 2.36. The number of nitrogens with one attached hydrogen (secondary N) is 1. The van der Waals surface area contributed by atoms with E-state index in [1.54, 1.807) is 0 Å². The quantitative estimate of drug-likeness (QED) is 0.827. The van der Waals surface area contributed by atoms with Crippen LogP contribution in [0.5, 0.6) is 0 Å². The molecule has 3 rings (SSSR count). The first-order chi connectivity index (χ1) is 9.61. The van der Waals surface area contributed by atoms with E-state index in [-0.39, 0.29) is 18.1 Å². The lowest BCUT2D eigenvalue weighted by atomic mass is 9.96. The maximum Gasteiger partial charge on any atom is 0.143 e. The second-order valence-electron chi connectivity index (χ2n) is 5.11. The molecule has 2 aliphatic rings. The van der Waals surface area contributed by atoms with Crippen LogP contribution in [0.25, 0.3) is 0 Å². The van der Waals surface area contributed by atoms with Crippen LogP contribution in [0.1, 0.15) is 24.3 Å². The highest BCUT2D eigenvalue weighted by molar-refractivity contribution is 9.10. The summed E-state index contributed by atoms with van der Waals surface area (Å²) in [5.41, 5.74) is 2.22. The van der Waals surface area contributed by atoms with Crippen LogP contribution in [0.4, 0.5) is 8.78 Å². The van der Waals surface area contributed by atoms with Crippen LogP contribution in [-0.2, 0) is 0 Å². The van der Waals surface area contributed by atoms with E-state index in [1.807, 2.05) is 0 Å². The molecule has 1 saturated heterocycles. The number of hydrogen-bond acceptors (Lipinski definition) is 3. The SMILES string of the molecule is OCCC1=C2C[C@H](c3c(F)ccc(Br)c3F)CN2CN1. The zero-order chi connectivity index (χ0) is 14.3. The monoisotopic (exact) mass is 344 g/mol. The zero-order valence-corrected chi connectivity index (χ0v) is 12.4. The summed E-state index contributed by atoms with van der Waals surface area (Å²) in [6.45, 7) is 1.32. The van der Waals surface area contributed by atoms with E-state index in [9.17, 15) is 8.78 Å². The average Bonchev–Trinajstić information content (AvgIpc) is 2.97. The molecule has 0 aromatic heterocycles. The minimum atomic E-state index is -0.506. The first-order valence-corrected chi connectivity index (χ1v) is 7.36. The third kappa shape index (κ3) is 2.20. The van der Waals surface area contributed by atoms with Gasteiger partial charge in [-0.3, -0.25) is 0 Å². The maximum atomic E-state index is 14.2. The maximum absolute atomic E-state index is 14.2. The zero-order valence-electron chi connectivity index (χ0n) is 10.8. The van der Waals surface area contributed by atoms with Crippen LogP contribution in [0.2, 0.25) is 0 Å². The van der Waals surface area contributed by atoms with Crippen molar-refractivity contribution in [2.75, 3.05) is 19.8 Å². The minimum absolute atomic E-state index is 0.0734. The van der Waals surface area contributed by atoms with Crippen molar-refractivity contribution >= 4 is 15.9 Å². The molecule has 0 spiro atoms. The van der Waals surface area contributed by atoms with Gasteiger partial charge in [-0.2, -0.15) is 0 Å². The van der Waals surface area contributed by atoms with Crippen molar-refractivity contribution in [1.82, 2.24) is 10.2 Å². The van der Waals surface area contributed by atoms with Gasteiger partial charge in [-0.15, -0.1) is 0 Å². The Morgan fingerprint density at radius 3 is 2.95 bits per heavy atom. The molecule has 0 bridgehead atoms. The average molecular weight is 345 g/mol. The van der Waals surface area contributed by atoms with Gasteiger partial charge in [-0.25, -0.2) is 8.78 Å². The molecule has 2 heterocycles. The summed E-state index contributed by atoms with van der Waals surface area (Å²) < 4.78 is 28.4. The van der Waals surface area contributed by atoms with E-state index in [4.69, 9.17) is 5.11 Å². The molecule has 1 aromatic carbocycles. The van der Waals surface area contributed by atoms with Gasteiger partial charge in [0.1, 0.15) is 11.6 Å². The number of rotatable bonds is 3. The fraction of sp³-hybridized carbons (Fsp3) is 0.429. The number of aliphatic hydroxyl groups excluding tert-OH is 1. The molecular weight excluding hydrogens is 330 g/mol. The van der Waals surface area contributed by atoms with Gasteiger partial charge in [0.2, 0.25) is 0 Å². The van der Waals surface area contributed by atoms with E-state index in [0.29, 0.717) is 30.5 Å². The third-order valence-corrected chi connectivity index (χ3v) is 4.56. The second-order valence-corrected chi connectivity index (χ2v) is 5.97. The summed E-state index contributed by atoms with van der Waals surface area (Å²) in [5, 5.41) is 12.3. The van der Waals surface area contributed by atoms with Crippen molar-refractivity contribution < 1.29 is 13.9 Å². The van der Waals surface area contributed by atoms with Crippen molar-refractivity contribution in [3.63, 3.8) is 0 Å². The molecule has 0 saturated carbocycles. The molecule has 0 unspecified atom stereocenters. The predicted octanol–water partition coefficient (Wildman–Crippen LogP) is 2.67. The van der Waals surface area contributed by atoms with Gasteiger partial charge in [0, 0.05) is 42.4 Å². The number of hydrogen-bond donors (Lipinski definition) is 2. The van der Waals surface area contributed by atoms with Crippen molar-refractivity contribution in [2.45, 2.75) is 18.8 Å². The predicted molar refractivity (Wildman–Crippen MR) is 74.9 cm³/mol. The Hall–Kier alpha value is -1.14. The first kappa shape index (κ1) is 13.8. The summed E-state index contributed by atoms with van der Waals surface area (Å²) in [6.07, 6.45) is 1.16. The molecule has 1 aromatic rings. The number of allylic oxidation sites excluding steroid dienone is 1. The Bertz CT molecular complexity index is 577. The molecule has 2 aliphatic heterocycles. The molecule has 1 atom stereocenters.